The van der Waals surface area contributed by atoms with Gasteiger partial charge in [-0.15, -0.1) is 0 Å². The molecule has 0 saturated heterocycles. The molecular weight excluding hydrogens is 334 g/mol. The smallest absolute Gasteiger partial charge is 0.263 e. The number of nitrogens with one attached hydrogen (secondary N) is 2. The Morgan fingerprint density at radius 1 is 1.23 bits per heavy atom. The number of aromatic amines is 1. The fourth-order valence-corrected chi connectivity index (χ4v) is 2.65. The summed E-state index contributed by atoms with van der Waals surface area (Å²) in [6.07, 6.45) is 1.46. The summed E-state index contributed by atoms with van der Waals surface area (Å²) in [5.74, 6) is 0.319. The average molecular weight is 349 g/mol. The lowest BCUT2D eigenvalue weighted by Crippen LogP contribution is -2.19. The van der Waals surface area contributed by atoms with Crippen LogP contribution in [0.1, 0.15) is 16.1 Å². The maximum Gasteiger partial charge on any atom is 0.263 e. The Kier molecular flexibility index (Phi) is 3.61. The number of rotatable bonds is 3. The minimum Gasteiger partial charge on any atom is -0.306 e. The molecule has 0 radical (unpaired) electrons. The van der Waals surface area contributed by atoms with E-state index in [1.807, 2.05) is 6.07 Å². The third-order valence-electron chi connectivity index (χ3n) is 3.90. The predicted molar refractivity (Wildman–Crippen MR) is 95.4 cm³/mol. The van der Waals surface area contributed by atoms with Gasteiger partial charge in [0.15, 0.2) is 5.65 Å². The van der Waals surface area contributed by atoms with Crippen molar-refractivity contribution in [3.05, 3.63) is 64.2 Å². The van der Waals surface area contributed by atoms with Crippen LogP contribution < -0.4 is 10.9 Å². The van der Waals surface area contributed by atoms with Crippen LogP contribution in [-0.4, -0.2) is 35.4 Å². The normalized spacial score (nSPS) is 11.0. The van der Waals surface area contributed by atoms with Crippen molar-refractivity contribution in [1.82, 2.24) is 29.5 Å². The first-order chi connectivity index (χ1) is 12.5. The van der Waals surface area contributed by atoms with Crippen molar-refractivity contribution in [2.24, 2.45) is 7.05 Å². The first-order valence-corrected chi connectivity index (χ1v) is 7.88. The number of benzene rings is 1. The molecule has 1 aromatic carbocycles. The van der Waals surface area contributed by atoms with Crippen LogP contribution in [0.25, 0.3) is 17.0 Å². The van der Waals surface area contributed by atoms with E-state index >= 15 is 0 Å². The van der Waals surface area contributed by atoms with E-state index in [9.17, 15) is 9.59 Å². The van der Waals surface area contributed by atoms with Gasteiger partial charge in [0, 0.05) is 18.7 Å². The molecular formula is C17H15N7O2. The molecule has 0 atom stereocenters. The monoisotopic (exact) mass is 349 g/mol. The number of hydrogen-bond donors (Lipinski definition) is 2. The Balaban J connectivity index is 1.78. The molecule has 4 aromatic rings. The number of hydrogen-bond acceptors (Lipinski definition) is 5. The Bertz CT molecular complexity index is 1170. The van der Waals surface area contributed by atoms with Crippen LogP contribution in [0, 0.1) is 6.92 Å². The van der Waals surface area contributed by atoms with Crippen molar-refractivity contribution in [3.63, 3.8) is 0 Å². The van der Waals surface area contributed by atoms with E-state index < -0.39 is 0 Å². The molecule has 0 fully saturated rings. The number of carbonyl (C=O) groups excluding carboxylic acids is 1. The predicted octanol–water partition coefficient (Wildman–Crippen LogP) is 1.40. The number of aryl methyl sites for hydroxylation is 2. The van der Waals surface area contributed by atoms with Crippen molar-refractivity contribution in [3.8, 4) is 5.95 Å². The molecule has 1 amide bonds. The molecule has 0 unspecified atom stereocenters. The topological polar surface area (TPSA) is 110 Å². The molecule has 26 heavy (non-hydrogen) atoms. The number of amides is 1. The summed E-state index contributed by atoms with van der Waals surface area (Å²) in [6.45, 7) is 1.79. The van der Waals surface area contributed by atoms with Gasteiger partial charge in [0.1, 0.15) is 11.2 Å². The van der Waals surface area contributed by atoms with Gasteiger partial charge in [0.25, 0.3) is 11.5 Å². The Labute approximate surface area is 147 Å². The van der Waals surface area contributed by atoms with Gasteiger partial charge in [-0.25, -0.2) is 0 Å². The van der Waals surface area contributed by atoms with E-state index in [0.717, 1.165) is 0 Å². The first kappa shape index (κ1) is 15.8. The van der Waals surface area contributed by atoms with Crippen molar-refractivity contribution in [2.45, 2.75) is 6.92 Å². The summed E-state index contributed by atoms with van der Waals surface area (Å²) in [4.78, 5) is 31.8. The summed E-state index contributed by atoms with van der Waals surface area (Å²) in [7, 11) is 1.70. The minimum atomic E-state index is -0.327. The van der Waals surface area contributed by atoms with Gasteiger partial charge in [0.2, 0.25) is 5.95 Å². The molecule has 9 nitrogen and oxygen atoms in total. The SMILES string of the molecule is Cc1cc(NC(=O)c2ccccc2)n(-c2nc3c(cnn3C)c(=O)[nH]2)n1. The Morgan fingerprint density at radius 2 is 2.00 bits per heavy atom. The van der Waals surface area contributed by atoms with Crippen molar-refractivity contribution < 1.29 is 4.79 Å². The maximum absolute atomic E-state index is 12.4. The largest absolute Gasteiger partial charge is 0.306 e. The summed E-state index contributed by atoms with van der Waals surface area (Å²) in [5.41, 5.74) is 1.28. The van der Waals surface area contributed by atoms with Crippen molar-refractivity contribution >= 4 is 22.8 Å². The van der Waals surface area contributed by atoms with E-state index in [0.29, 0.717) is 28.1 Å². The van der Waals surface area contributed by atoms with Crippen molar-refractivity contribution in [1.29, 1.82) is 0 Å². The highest BCUT2D eigenvalue weighted by molar-refractivity contribution is 6.03. The van der Waals surface area contributed by atoms with Crippen LogP contribution in [0.3, 0.4) is 0 Å². The average Bonchev–Trinajstić information content (AvgIpc) is 3.19. The van der Waals surface area contributed by atoms with E-state index in [4.69, 9.17) is 0 Å². The Morgan fingerprint density at radius 3 is 2.77 bits per heavy atom. The van der Waals surface area contributed by atoms with Gasteiger partial charge in [-0.05, 0) is 19.1 Å². The summed E-state index contributed by atoms with van der Waals surface area (Å²) >= 11 is 0. The maximum atomic E-state index is 12.4. The third-order valence-corrected chi connectivity index (χ3v) is 3.90. The van der Waals surface area contributed by atoms with Gasteiger partial charge < -0.3 is 5.32 Å². The Hall–Kier alpha value is -3.75. The first-order valence-electron chi connectivity index (χ1n) is 7.88. The second kappa shape index (κ2) is 5.96. The number of nitrogens with zero attached hydrogens (tertiary/aromatic N) is 5. The molecule has 3 aromatic heterocycles. The van der Waals surface area contributed by atoms with Gasteiger partial charge in [0.05, 0.1) is 11.9 Å². The molecule has 9 heteroatoms. The lowest BCUT2D eigenvalue weighted by molar-refractivity contribution is 0.102. The van der Waals surface area contributed by atoms with Crippen molar-refractivity contribution in [2.75, 3.05) is 5.32 Å². The fraction of sp³-hybridized carbons (Fsp3) is 0.118. The highest BCUT2D eigenvalue weighted by Crippen LogP contribution is 2.16. The van der Waals surface area contributed by atoms with Gasteiger partial charge >= 0.3 is 0 Å². The zero-order valence-corrected chi connectivity index (χ0v) is 14.1. The van der Waals surface area contributed by atoms with E-state index in [-0.39, 0.29) is 17.4 Å². The highest BCUT2D eigenvalue weighted by Gasteiger charge is 2.16. The van der Waals surface area contributed by atoms with Crippen LogP contribution in [0.5, 0.6) is 0 Å². The lowest BCUT2D eigenvalue weighted by Gasteiger charge is -2.08. The van der Waals surface area contributed by atoms with E-state index in [1.54, 1.807) is 44.3 Å². The van der Waals surface area contributed by atoms with Gasteiger partial charge in [-0.1, -0.05) is 18.2 Å². The van der Waals surface area contributed by atoms with Crippen LogP contribution >= 0.6 is 0 Å². The van der Waals surface area contributed by atoms with Gasteiger partial charge in [-0.3, -0.25) is 19.3 Å². The van der Waals surface area contributed by atoms with Crippen LogP contribution in [-0.2, 0) is 7.05 Å². The molecule has 0 saturated carbocycles. The molecule has 3 heterocycles. The fourth-order valence-electron chi connectivity index (χ4n) is 2.65. The molecule has 4 rings (SSSR count). The highest BCUT2D eigenvalue weighted by atomic mass is 16.2. The number of carbonyl (C=O) groups is 1. The second-order valence-electron chi connectivity index (χ2n) is 5.80. The quantitative estimate of drug-likeness (QED) is 0.581. The van der Waals surface area contributed by atoms with Crippen LogP contribution in [0.15, 0.2) is 47.4 Å². The second-order valence-corrected chi connectivity index (χ2v) is 5.80. The zero-order valence-electron chi connectivity index (χ0n) is 14.1. The van der Waals surface area contributed by atoms with Gasteiger partial charge in [-0.2, -0.15) is 19.9 Å². The zero-order chi connectivity index (χ0) is 18.3. The molecule has 2 N–H and O–H groups in total. The number of anilines is 1. The summed E-state index contributed by atoms with van der Waals surface area (Å²) < 4.78 is 2.90. The van der Waals surface area contributed by atoms with Crippen LogP contribution in [0.2, 0.25) is 0 Å². The molecule has 0 bridgehead atoms. The molecule has 0 aliphatic rings. The molecule has 0 aliphatic carbocycles. The minimum absolute atomic E-state index is 0.197. The number of H-pyrrole nitrogens is 1. The molecule has 130 valence electrons. The molecule has 0 aliphatic heterocycles. The van der Waals surface area contributed by atoms with Crippen LogP contribution in [0.4, 0.5) is 5.82 Å². The molecule has 0 spiro atoms. The third kappa shape index (κ3) is 2.65. The standard InChI is InChI=1S/C17H15N7O2/c1-10-8-13(19-15(25)11-6-4-3-5-7-11)24(22-10)17-20-14-12(16(26)21-17)9-18-23(14)2/h3-9H,1-2H3,(H,19,25)(H,20,21,26). The summed E-state index contributed by atoms with van der Waals surface area (Å²) in [5, 5.41) is 11.6. The number of fused-ring (bicyclic) bond motifs is 1. The van der Waals surface area contributed by atoms with E-state index in [1.165, 1.54) is 15.6 Å². The summed E-state index contributed by atoms with van der Waals surface area (Å²) in [6, 6.07) is 10.5. The number of aromatic nitrogens is 6. The lowest BCUT2D eigenvalue weighted by atomic mass is 10.2. The van der Waals surface area contributed by atoms with E-state index in [2.05, 4.69) is 25.5 Å².